The Hall–Kier alpha value is -0.0800. The van der Waals surface area contributed by atoms with E-state index in [9.17, 15) is 0 Å². The summed E-state index contributed by atoms with van der Waals surface area (Å²) in [6, 6.07) is 0.281. The fraction of sp³-hybridized carbons (Fsp3) is 1.00. The van der Waals surface area contributed by atoms with Crippen LogP contribution in [0.15, 0.2) is 0 Å². The van der Waals surface area contributed by atoms with E-state index in [4.69, 9.17) is 5.21 Å². The van der Waals surface area contributed by atoms with E-state index in [2.05, 4.69) is 33.2 Å². The molecule has 0 aromatic rings. The van der Waals surface area contributed by atoms with Crippen LogP contribution >= 0.6 is 0 Å². The van der Waals surface area contributed by atoms with E-state index in [0.29, 0.717) is 10.8 Å². The molecule has 0 heterocycles. The van der Waals surface area contributed by atoms with Gasteiger partial charge in [-0.05, 0) is 30.1 Å². The Morgan fingerprint density at radius 3 is 1.83 bits per heavy atom. The van der Waals surface area contributed by atoms with E-state index < -0.39 is 0 Å². The molecule has 0 unspecified atom stereocenters. The molecule has 0 bridgehead atoms. The Morgan fingerprint density at radius 2 is 1.50 bits per heavy atom. The molecule has 0 amide bonds. The Bertz CT molecular complexity index is 147. The maximum Gasteiger partial charge on any atom is 0.0329 e. The normalized spacial score (nSPS) is 28.8. The number of hydrogen-bond acceptors (Lipinski definition) is 2. The molecule has 12 heavy (non-hydrogen) atoms. The Balaban J connectivity index is 2.66. The molecule has 2 nitrogen and oxygen atoms in total. The van der Waals surface area contributed by atoms with Crippen LogP contribution in [0.3, 0.4) is 0 Å². The van der Waals surface area contributed by atoms with Gasteiger partial charge in [0, 0.05) is 6.04 Å². The molecule has 1 aliphatic rings. The lowest BCUT2D eigenvalue weighted by atomic mass is 9.64. The molecular formula is C10H21NO. The van der Waals surface area contributed by atoms with Crippen LogP contribution in [0.4, 0.5) is 0 Å². The van der Waals surface area contributed by atoms with E-state index in [-0.39, 0.29) is 6.04 Å². The Labute approximate surface area is 75.3 Å². The van der Waals surface area contributed by atoms with Crippen molar-refractivity contribution in [2.75, 3.05) is 0 Å². The summed E-state index contributed by atoms with van der Waals surface area (Å²) in [6.45, 7) is 9.10. The van der Waals surface area contributed by atoms with Gasteiger partial charge in [-0.2, -0.15) is 0 Å². The van der Waals surface area contributed by atoms with Crippen LogP contribution in [-0.2, 0) is 0 Å². The molecule has 0 aromatic carbocycles. The number of rotatable bonds is 1. The molecule has 0 radical (unpaired) electrons. The number of nitrogens with one attached hydrogen (secondary N) is 1. The van der Waals surface area contributed by atoms with Crippen LogP contribution in [0.5, 0.6) is 0 Å². The molecule has 2 heteroatoms. The summed E-state index contributed by atoms with van der Waals surface area (Å²) in [6.07, 6.45) is 3.40. The lowest BCUT2D eigenvalue weighted by Crippen LogP contribution is -2.42. The topological polar surface area (TPSA) is 32.3 Å². The van der Waals surface area contributed by atoms with Crippen molar-refractivity contribution < 1.29 is 5.21 Å². The van der Waals surface area contributed by atoms with Gasteiger partial charge >= 0.3 is 0 Å². The van der Waals surface area contributed by atoms with Gasteiger partial charge in [-0.1, -0.05) is 27.7 Å². The first-order valence-electron chi connectivity index (χ1n) is 4.74. The van der Waals surface area contributed by atoms with Crippen molar-refractivity contribution in [3.8, 4) is 0 Å². The van der Waals surface area contributed by atoms with E-state index in [1.54, 1.807) is 0 Å². The van der Waals surface area contributed by atoms with E-state index in [1.165, 1.54) is 6.42 Å². The first-order chi connectivity index (χ1) is 5.35. The second kappa shape index (κ2) is 3.00. The molecule has 2 N–H and O–H groups in total. The fourth-order valence-corrected chi connectivity index (χ4v) is 2.94. The SMILES string of the molecule is CC1(C)CC(NO)CC(C)(C)C1. The third-order valence-corrected chi connectivity index (χ3v) is 2.74. The van der Waals surface area contributed by atoms with E-state index >= 15 is 0 Å². The average molecular weight is 171 g/mol. The quantitative estimate of drug-likeness (QED) is 0.594. The summed E-state index contributed by atoms with van der Waals surface area (Å²) < 4.78 is 0. The fourth-order valence-electron chi connectivity index (χ4n) is 2.94. The summed E-state index contributed by atoms with van der Waals surface area (Å²) >= 11 is 0. The molecule has 0 aliphatic heterocycles. The van der Waals surface area contributed by atoms with Gasteiger partial charge < -0.3 is 5.21 Å². The van der Waals surface area contributed by atoms with Crippen molar-refractivity contribution in [2.24, 2.45) is 10.8 Å². The molecule has 0 aromatic heterocycles. The Morgan fingerprint density at radius 1 is 1.08 bits per heavy atom. The van der Waals surface area contributed by atoms with Crippen molar-refractivity contribution in [2.45, 2.75) is 53.0 Å². The minimum atomic E-state index is 0.281. The first-order valence-corrected chi connectivity index (χ1v) is 4.74. The minimum absolute atomic E-state index is 0.281. The zero-order valence-corrected chi connectivity index (χ0v) is 8.65. The molecule has 1 saturated carbocycles. The zero-order chi connectivity index (χ0) is 9.41. The van der Waals surface area contributed by atoms with Crippen LogP contribution in [0.25, 0.3) is 0 Å². The highest BCUT2D eigenvalue weighted by molar-refractivity contribution is 4.90. The average Bonchev–Trinajstić information content (AvgIpc) is 1.80. The largest absolute Gasteiger partial charge is 0.317 e. The van der Waals surface area contributed by atoms with Gasteiger partial charge in [0.05, 0.1) is 0 Å². The van der Waals surface area contributed by atoms with Crippen molar-refractivity contribution in [3.05, 3.63) is 0 Å². The molecular weight excluding hydrogens is 150 g/mol. The first kappa shape index (κ1) is 10.0. The number of hydroxylamine groups is 1. The van der Waals surface area contributed by atoms with Crippen molar-refractivity contribution in [1.82, 2.24) is 5.48 Å². The van der Waals surface area contributed by atoms with Crippen molar-refractivity contribution >= 4 is 0 Å². The van der Waals surface area contributed by atoms with Crippen LogP contribution in [0.2, 0.25) is 0 Å². The summed E-state index contributed by atoms with van der Waals surface area (Å²) in [5, 5.41) is 8.91. The molecule has 0 saturated heterocycles. The van der Waals surface area contributed by atoms with Crippen LogP contribution < -0.4 is 5.48 Å². The Kier molecular flexibility index (Phi) is 2.50. The van der Waals surface area contributed by atoms with Crippen LogP contribution in [-0.4, -0.2) is 11.2 Å². The summed E-state index contributed by atoms with van der Waals surface area (Å²) in [5.74, 6) is 0. The molecule has 72 valence electrons. The predicted molar refractivity (Wildman–Crippen MR) is 50.1 cm³/mol. The van der Waals surface area contributed by atoms with Gasteiger partial charge in [-0.3, -0.25) is 0 Å². The van der Waals surface area contributed by atoms with E-state index in [0.717, 1.165) is 12.8 Å². The highest BCUT2D eigenvalue weighted by atomic mass is 16.5. The second-order valence-electron chi connectivity index (χ2n) is 5.74. The summed E-state index contributed by atoms with van der Waals surface area (Å²) in [5.41, 5.74) is 3.14. The standard InChI is InChI=1S/C10H21NO/c1-9(2)5-8(11-12)6-10(3,4)7-9/h8,11-12H,5-7H2,1-4H3. The van der Waals surface area contributed by atoms with Gasteiger partial charge in [0.1, 0.15) is 0 Å². The molecule has 1 rings (SSSR count). The maximum absolute atomic E-state index is 8.91. The molecule has 1 aliphatic carbocycles. The van der Waals surface area contributed by atoms with Gasteiger partial charge in [0.15, 0.2) is 0 Å². The van der Waals surface area contributed by atoms with Crippen LogP contribution in [0, 0.1) is 10.8 Å². The number of hydrogen-bond donors (Lipinski definition) is 2. The van der Waals surface area contributed by atoms with Gasteiger partial charge in [0.25, 0.3) is 0 Å². The van der Waals surface area contributed by atoms with Gasteiger partial charge in [-0.25, -0.2) is 5.48 Å². The predicted octanol–water partition coefficient (Wildman–Crippen LogP) is 2.57. The van der Waals surface area contributed by atoms with Gasteiger partial charge in [0.2, 0.25) is 0 Å². The summed E-state index contributed by atoms with van der Waals surface area (Å²) in [7, 11) is 0. The van der Waals surface area contributed by atoms with Crippen LogP contribution in [0.1, 0.15) is 47.0 Å². The van der Waals surface area contributed by atoms with E-state index in [1.807, 2.05) is 0 Å². The third kappa shape index (κ3) is 2.46. The van der Waals surface area contributed by atoms with Crippen molar-refractivity contribution in [1.29, 1.82) is 0 Å². The summed E-state index contributed by atoms with van der Waals surface area (Å²) in [4.78, 5) is 0. The monoisotopic (exact) mass is 171 g/mol. The smallest absolute Gasteiger partial charge is 0.0329 e. The second-order valence-corrected chi connectivity index (χ2v) is 5.74. The molecule has 0 spiro atoms. The zero-order valence-electron chi connectivity index (χ0n) is 8.65. The highest BCUT2D eigenvalue weighted by Gasteiger charge is 2.38. The lowest BCUT2D eigenvalue weighted by Gasteiger charge is -2.44. The lowest BCUT2D eigenvalue weighted by molar-refractivity contribution is 0.0203. The maximum atomic E-state index is 8.91. The van der Waals surface area contributed by atoms with Crippen molar-refractivity contribution in [3.63, 3.8) is 0 Å². The highest BCUT2D eigenvalue weighted by Crippen LogP contribution is 2.45. The minimum Gasteiger partial charge on any atom is -0.317 e. The molecule has 0 atom stereocenters. The molecule has 1 fully saturated rings. The third-order valence-electron chi connectivity index (χ3n) is 2.74. The van der Waals surface area contributed by atoms with Gasteiger partial charge in [-0.15, -0.1) is 0 Å².